The summed E-state index contributed by atoms with van der Waals surface area (Å²) in [5.41, 5.74) is 0.946. The first-order valence-electron chi connectivity index (χ1n) is 5.83. The Labute approximate surface area is 110 Å². The Morgan fingerprint density at radius 3 is 2.56 bits per heavy atom. The molecule has 1 saturated carbocycles. The monoisotopic (exact) mass is 267 g/mol. The molecule has 1 aromatic carbocycles. The fourth-order valence-corrected chi connectivity index (χ4v) is 1.55. The lowest BCUT2D eigenvalue weighted by Gasteiger charge is -2.06. The number of amides is 1. The summed E-state index contributed by atoms with van der Waals surface area (Å²) in [6, 6.07) is 7.18. The molecule has 1 aliphatic rings. The largest absolute Gasteiger partial charge is 0.455 e. The van der Waals surface area contributed by atoms with Crippen LogP contribution in [0, 0.1) is 5.92 Å². The van der Waals surface area contributed by atoms with Crippen molar-refractivity contribution in [3.05, 3.63) is 34.9 Å². The number of rotatable bonds is 5. The number of hydrogen-bond donors (Lipinski definition) is 1. The van der Waals surface area contributed by atoms with Gasteiger partial charge in [-0.15, -0.1) is 0 Å². The standard InChI is InChI=1S/C13H14ClNO3/c14-11-5-1-9(2-6-11)7-15-12(16)8-18-13(17)10-3-4-10/h1-2,5-6,10H,3-4,7-8H2,(H,15,16). The van der Waals surface area contributed by atoms with Crippen molar-refractivity contribution in [1.82, 2.24) is 5.32 Å². The van der Waals surface area contributed by atoms with Gasteiger partial charge >= 0.3 is 5.97 Å². The predicted octanol–water partition coefficient (Wildman–Crippen LogP) is 1.91. The van der Waals surface area contributed by atoms with E-state index in [1.165, 1.54) is 0 Å². The van der Waals surface area contributed by atoms with Crippen molar-refractivity contribution < 1.29 is 14.3 Å². The second-order valence-electron chi connectivity index (χ2n) is 4.29. The number of carbonyl (C=O) groups excluding carboxylic acids is 2. The summed E-state index contributed by atoms with van der Waals surface area (Å²) in [6.07, 6.45) is 1.76. The van der Waals surface area contributed by atoms with Gasteiger partial charge in [0, 0.05) is 11.6 Å². The second kappa shape index (κ2) is 5.87. The van der Waals surface area contributed by atoms with E-state index < -0.39 is 0 Å². The van der Waals surface area contributed by atoms with E-state index in [-0.39, 0.29) is 24.4 Å². The number of halogens is 1. The highest BCUT2D eigenvalue weighted by atomic mass is 35.5. The molecular weight excluding hydrogens is 254 g/mol. The predicted molar refractivity (Wildman–Crippen MR) is 67.0 cm³/mol. The molecule has 0 radical (unpaired) electrons. The highest BCUT2D eigenvalue weighted by Crippen LogP contribution is 2.29. The first-order chi connectivity index (χ1) is 8.65. The lowest BCUT2D eigenvalue weighted by Crippen LogP contribution is -2.28. The molecule has 1 aromatic rings. The molecule has 96 valence electrons. The van der Waals surface area contributed by atoms with Crippen LogP contribution >= 0.6 is 11.6 Å². The van der Waals surface area contributed by atoms with Gasteiger partial charge in [0.15, 0.2) is 6.61 Å². The van der Waals surface area contributed by atoms with Gasteiger partial charge < -0.3 is 10.1 Å². The van der Waals surface area contributed by atoms with Crippen LogP contribution in [0.25, 0.3) is 0 Å². The van der Waals surface area contributed by atoms with Gasteiger partial charge in [0.2, 0.25) is 0 Å². The zero-order valence-corrected chi connectivity index (χ0v) is 10.6. The van der Waals surface area contributed by atoms with Gasteiger partial charge in [-0.1, -0.05) is 23.7 Å². The SMILES string of the molecule is O=C(COC(=O)C1CC1)NCc1ccc(Cl)cc1. The molecule has 5 heteroatoms. The minimum Gasteiger partial charge on any atom is -0.455 e. The number of hydrogen-bond acceptors (Lipinski definition) is 3. The lowest BCUT2D eigenvalue weighted by molar-refractivity contribution is -0.149. The topological polar surface area (TPSA) is 55.4 Å². The normalized spacial score (nSPS) is 14.1. The zero-order chi connectivity index (χ0) is 13.0. The third-order valence-corrected chi connectivity index (χ3v) is 2.91. The fourth-order valence-electron chi connectivity index (χ4n) is 1.43. The van der Waals surface area contributed by atoms with Crippen LogP contribution < -0.4 is 5.32 Å². The van der Waals surface area contributed by atoms with Crippen molar-refractivity contribution in [3.8, 4) is 0 Å². The molecule has 1 aliphatic carbocycles. The third-order valence-electron chi connectivity index (χ3n) is 2.66. The van der Waals surface area contributed by atoms with Crippen LogP contribution in [0.5, 0.6) is 0 Å². The molecule has 0 saturated heterocycles. The number of nitrogens with one attached hydrogen (secondary N) is 1. The zero-order valence-electron chi connectivity index (χ0n) is 9.82. The summed E-state index contributed by atoms with van der Waals surface area (Å²) < 4.78 is 4.86. The molecule has 0 aromatic heterocycles. The molecule has 4 nitrogen and oxygen atoms in total. The lowest BCUT2D eigenvalue weighted by atomic mass is 10.2. The minimum atomic E-state index is -0.293. The van der Waals surface area contributed by atoms with Crippen LogP contribution in [0.4, 0.5) is 0 Å². The Morgan fingerprint density at radius 1 is 1.28 bits per heavy atom. The van der Waals surface area contributed by atoms with E-state index in [4.69, 9.17) is 16.3 Å². The maximum absolute atomic E-state index is 11.4. The number of benzene rings is 1. The summed E-state index contributed by atoms with van der Waals surface area (Å²) in [4.78, 5) is 22.6. The van der Waals surface area contributed by atoms with E-state index in [0.29, 0.717) is 11.6 Å². The van der Waals surface area contributed by atoms with Crippen LogP contribution in [0.3, 0.4) is 0 Å². The molecule has 0 atom stereocenters. The molecule has 18 heavy (non-hydrogen) atoms. The Kier molecular flexibility index (Phi) is 4.20. The van der Waals surface area contributed by atoms with E-state index in [1.807, 2.05) is 12.1 Å². The number of carbonyl (C=O) groups is 2. The molecule has 1 N–H and O–H groups in total. The van der Waals surface area contributed by atoms with Crippen LogP contribution in [0.15, 0.2) is 24.3 Å². The fraction of sp³-hybridized carbons (Fsp3) is 0.385. The Bertz CT molecular complexity index is 440. The van der Waals surface area contributed by atoms with Gasteiger partial charge in [0.05, 0.1) is 5.92 Å². The molecule has 0 unspecified atom stereocenters. The maximum Gasteiger partial charge on any atom is 0.309 e. The quantitative estimate of drug-likeness (QED) is 0.829. The van der Waals surface area contributed by atoms with Crippen molar-refractivity contribution in [2.24, 2.45) is 5.92 Å². The first-order valence-corrected chi connectivity index (χ1v) is 6.21. The second-order valence-corrected chi connectivity index (χ2v) is 4.72. The van der Waals surface area contributed by atoms with Crippen LogP contribution in [-0.2, 0) is 20.9 Å². The van der Waals surface area contributed by atoms with Crippen molar-refractivity contribution in [1.29, 1.82) is 0 Å². The molecule has 0 aliphatic heterocycles. The van der Waals surface area contributed by atoms with Crippen molar-refractivity contribution >= 4 is 23.5 Å². The van der Waals surface area contributed by atoms with Gasteiger partial charge in [0.1, 0.15) is 0 Å². The molecule has 1 amide bonds. The Hall–Kier alpha value is -1.55. The summed E-state index contributed by atoms with van der Waals surface area (Å²) >= 11 is 5.75. The third kappa shape index (κ3) is 4.04. The maximum atomic E-state index is 11.4. The molecule has 1 fully saturated rings. The van der Waals surface area contributed by atoms with Gasteiger partial charge in [-0.3, -0.25) is 9.59 Å². The Morgan fingerprint density at radius 2 is 1.94 bits per heavy atom. The van der Waals surface area contributed by atoms with Gasteiger partial charge in [-0.25, -0.2) is 0 Å². The van der Waals surface area contributed by atoms with Gasteiger partial charge in [-0.05, 0) is 30.5 Å². The number of esters is 1. The van der Waals surface area contributed by atoms with Crippen molar-refractivity contribution in [2.45, 2.75) is 19.4 Å². The van der Waals surface area contributed by atoms with E-state index in [2.05, 4.69) is 5.32 Å². The molecule has 0 spiro atoms. The summed E-state index contributed by atoms with van der Waals surface area (Å²) in [5.74, 6) is -0.537. The highest BCUT2D eigenvalue weighted by molar-refractivity contribution is 6.30. The van der Waals surface area contributed by atoms with E-state index >= 15 is 0 Å². The van der Waals surface area contributed by atoms with Gasteiger partial charge in [-0.2, -0.15) is 0 Å². The van der Waals surface area contributed by atoms with Crippen LogP contribution in [0.1, 0.15) is 18.4 Å². The summed E-state index contributed by atoms with van der Waals surface area (Å²) in [5, 5.41) is 3.33. The smallest absolute Gasteiger partial charge is 0.309 e. The highest BCUT2D eigenvalue weighted by Gasteiger charge is 2.31. The number of ether oxygens (including phenoxy) is 1. The average Bonchev–Trinajstić information content (AvgIpc) is 3.19. The van der Waals surface area contributed by atoms with Gasteiger partial charge in [0.25, 0.3) is 5.91 Å². The average molecular weight is 268 g/mol. The van der Waals surface area contributed by atoms with Crippen LogP contribution in [0.2, 0.25) is 5.02 Å². The molecule has 0 heterocycles. The van der Waals surface area contributed by atoms with E-state index in [9.17, 15) is 9.59 Å². The minimum absolute atomic E-state index is 0.0223. The summed E-state index contributed by atoms with van der Waals surface area (Å²) in [7, 11) is 0. The van der Waals surface area contributed by atoms with Crippen LogP contribution in [-0.4, -0.2) is 18.5 Å². The summed E-state index contributed by atoms with van der Waals surface area (Å²) in [6.45, 7) is 0.194. The first kappa shape index (κ1) is 12.9. The molecule has 2 rings (SSSR count). The molecular formula is C13H14ClNO3. The van der Waals surface area contributed by atoms with E-state index in [1.54, 1.807) is 12.1 Å². The van der Waals surface area contributed by atoms with E-state index in [0.717, 1.165) is 18.4 Å². The van der Waals surface area contributed by atoms with Crippen molar-refractivity contribution in [3.63, 3.8) is 0 Å². The molecule has 0 bridgehead atoms. The van der Waals surface area contributed by atoms with Crippen molar-refractivity contribution in [2.75, 3.05) is 6.61 Å². The Balaban J connectivity index is 1.67.